The Morgan fingerprint density at radius 3 is 2.29 bits per heavy atom. The van der Waals surface area contributed by atoms with Crippen LogP contribution >= 0.6 is 0 Å². The summed E-state index contributed by atoms with van der Waals surface area (Å²) in [5, 5.41) is 3.24. The molecule has 0 aliphatic carbocycles. The predicted octanol–water partition coefficient (Wildman–Crippen LogP) is 0.866. The minimum atomic E-state index is 0.670. The summed E-state index contributed by atoms with van der Waals surface area (Å²) in [5.74, 6) is 0. The second kappa shape index (κ2) is 7.21. The summed E-state index contributed by atoms with van der Waals surface area (Å²) >= 11 is 0. The Morgan fingerprint density at radius 2 is 1.79 bits per heavy atom. The fourth-order valence-electron chi connectivity index (χ4n) is 1.95. The van der Waals surface area contributed by atoms with Gasteiger partial charge in [0.05, 0.1) is 0 Å². The van der Waals surface area contributed by atoms with Crippen molar-refractivity contribution >= 4 is 0 Å². The van der Waals surface area contributed by atoms with Crippen LogP contribution in [0, 0.1) is 0 Å². The minimum Gasteiger partial charge on any atom is -0.318 e. The van der Waals surface area contributed by atoms with Crippen molar-refractivity contribution in [2.45, 2.75) is 32.9 Å². The van der Waals surface area contributed by atoms with Gasteiger partial charge < -0.3 is 10.2 Å². The van der Waals surface area contributed by atoms with Crippen molar-refractivity contribution in [2.75, 3.05) is 40.8 Å². The largest absolute Gasteiger partial charge is 0.318 e. The second-order valence-electron chi connectivity index (χ2n) is 3.95. The lowest BCUT2D eigenvalue weighted by Crippen LogP contribution is -2.57. The van der Waals surface area contributed by atoms with Crippen LogP contribution in [0.3, 0.4) is 0 Å². The van der Waals surface area contributed by atoms with E-state index in [4.69, 9.17) is 0 Å². The molecule has 2 unspecified atom stereocenters. The quantitative estimate of drug-likeness (QED) is 0.715. The van der Waals surface area contributed by atoms with Crippen LogP contribution in [0.25, 0.3) is 0 Å². The van der Waals surface area contributed by atoms with E-state index in [0.717, 1.165) is 6.54 Å². The van der Waals surface area contributed by atoms with Crippen molar-refractivity contribution in [2.24, 2.45) is 0 Å². The van der Waals surface area contributed by atoms with Gasteiger partial charge in [-0.25, -0.2) is 0 Å². The van der Waals surface area contributed by atoms with Crippen LogP contribution in [-0.2, 0) is 0 Å². The molecule has 86 valence electrons. The topological polar surface area (TPSA) is 18.5 Å². The number of rotatable bonds is 2. The van der Waals surface area contributed by atoms with Gasteiger partial charge in [0, 0.05) is 31.7 Å². The van der Waals surface area contributed by atoms with Gasteiger partial charge in [0.15, 0.2) is 0 Å². The molecule has 1 saturated heterocycles. The number of nitrogens with zero attached hydrogens (tertiary/aromatic N) is 2. The lowest BCUT2D eigenvalue weighted by atomic mass is 10.1. The molecule has 0 aromatic rings. The van der Waals surface area contributed by atoms with Gasteiger partial charge in [0.1, 0.15) is 0 Å². The first-order valence-corrected chi connectivity index (χ1v) is 5.70. The van der Waals surface area contributed by atoms with Gasteiger partial charge in [-0.3, -0.25) is 4.90 Å². The average molecular weight is 201 g/mol. The molecule has 0 aromatic heterocycles. The third-order valence-electron chi connectivity index (χ3n) is 2.81. The molecule has 0 aromatic carbocycles. The van der Waals surface area contributed by atoms with E-state index in [0.29, 0.717) is 12.1 Å². The number of hydrogen-bond donors (Lipinski definition) is 1. The maximum Gasteiger partial charge on any atom is 0.0347 e. The Bertz CT molecular complexity index is 138. The zero-order chi connectivity index (χ0) is 11.1. The Labute approximate surface area is 89.5 Å². The highest BCUT2D eigenvalue weighted by atomic mass is 15.3. The maximum absolute atomic E-state index is 3.24. The summed E-state index contributed by atoms with van der Waals surface area (Å²) < 4.78 is 0. The normalized spacial score (nSPS) is 29.6. The average Bonchev–Trinajstić information content (AvgIpc) is 2.17. The van der Waals surface area contributed by atoms with Gasteiger partial charge in [0.2, 0.25) is 0 Å². The van der Waals surface area contributed by atoms with Gasteiger partial charge in [-0.1, -0.05) is 13.8 Å². The molecule has 0 radical (unpaired) electrons. The van der Waals surface area contributed by atoms with Crippen LogP contribution in [0.1, 0.15) is 20.8 Å². The first-order chi connectivity index (χ1) is 6.65. The van der Waals surface area contributed by atoms with Crippen LogP contribution in [0.4, 0.5) is 0 Å². The van der Waals surface area contributed by atoms with Gasteiger partial charge in [-0.2, -0.15) is 0 Å². The van der Waals surface area contributed by atoms with Gasteiger partial charge in [-0.05, 0) is 28.1 Å². The number of hydrogen-bond acceptors (Lipinski definition) is 3. The number of likely N-dealkylation sites (N-methyl/N-ethyl adjacent to an activating group) is 3. The summed E-state index contributed by atoms with van der Waals surface area (Å²) in [4.78, 5) is 4.88. The predicted molar refractivity (Wildman–Crippen MR) is 63.8 cm³/mol. The molecule has 3 nitrogen and oxygen atoms in total. The van der Waals surface area contributed by atoms with E-state index >= 15 is 0 Å². The van der Waals surface area contributed by atoms with E-state index in [1.807, 2.05) is 20.9 Å². The molecule has 0 bridgehead atoms. The van der Waals surface area contributed by atoms with E-state index < -0.39 is 0 Å². The number of piperazine rings is 1. The molecule has 1 heterocycles. The monoisotopic (exact) mass is 201 g/mol. The molecule has 1 aliphatic heterocycles. The molecule has 1 N–H and O–H groups in total. The Hall–Kier alpha value is -0.120. The van der Waals surface area contributed by atoms with Crippen molar-refractivity contribution in [1.82, 2.24) is 15.1 Å². The summed E-state index contributed by atoms with van der Waals surface area (Å²) in [7, 11) is 6.44. The molecule has 2 atom stereocenters. The van der Waals surface area contributed by atoms with E-state index in [1.165, 1.54) is 13.1 Å². The smallest absolute Gasteiger partial charge is 0.0347 e. The maximum atomic E-state index is 3.24. The molecule has 1 aliphatic rings. The SMILES string of the molecule is CC.CNCC1CN(C)CC(C)N1C. The summed E-state index contributed by atoms with van der Waals surface area (Å²) in [6, 6.07) is 1.35. The molecule has 3 heteroatoms. The van der Waals surface area contributed by atoms with Crippen LogP contribution in [0.2, 0.25) is 0 Å². The number of nitrogens with one attached hydrogen (secondary N) is 1. The Balaban J connectivity index is 0.000000791. The highest BCUT2D eigenvalue weighted by Gasteiger charge is 2.26. The zero-order valence-corrected chi connectivity index (χ0v) is 10.7. The molecular weight excluding hydrogens is 174 g/mol. The van der Waals surface area contributed by atoms with Crippen molar-refractivity contribution < 1.29 is 0 Å². The van der Waals surface area contributed by atoms with Crippen molar-refractivity contribution in [3.8, 4) is 0 Å². The Kier molecular flexibility index (Phi) is 7.15. The first-order valence-electron chi connectivity index (χ1n) is 5.70. The third kappa shape index (κ3) is 3.95. The lowest BCUT2D eigenvalue weighted by Gasteiger charge is -2.42. The summed E-state index contributed by atoms with van der Waals surface area (Å²) in [6.45, 7) is 9.75. The van der Waals surface area contributed by atoms with Crippen LogP contribution < -0.4 is 5.32 Å². The van der Waals surface area contributed by atoms with E-state index in [-0.39, 0.29) is 0 Å². The van der Waals surface area contributed by atoms with Crippen molar-refractivity contribution in [3.63, 3.8) is 0 Å². The fourth-order valence-corrected chi connectivity index (χ4v) is 1.95. The molecule has 1 fully saturated rings. The molecule has 1 rings (SSSR count). The first kappa shape index (κ1) is 13.9. The van der Waals surface area contributed by atoms with Crippen molar-refractivity contribution in [1.29, 1.82) is 0 Å². The lowest BCUT2D eigenvalue weighted by molar-refractivity contribution is 0.0674. The Morgan fingerprint density at radius 1 is 1.21 bits per heavy atom. The van der Waals surface area contributed by atoms with Gasteiger partial charge in [0.25, 0.3) is 0 Å². The van der Waals surface area contributed by atoms with Gasteiger partial charge >= 0.3 is 0 Å². The molecular formula is C11H27N3. The third-order valence-corrected chi connectivity index (χ3v) is 2.81. The molecule has 0 amide bonds. The zero-order valence-electron chi connectivity index (χ0n) is 10.7. The van der Waals surface area contributed by atoms with Crippen molar-refractivity contribution in [3.05, 3.63) is 0 Å². The van der Waals surface area contributed by atoms with Gasteiger partial charge in [-0.15, -0.1) is 0 Å². The summed E-state index contributed by atoms with van der Waals surface area (Å²) in [5.41, 5.74) is 0. The standard InChI is InChI=1S/C9H21N3.C2H6/c1-8-6-11(3)7-9(5-10-2)12(8)4;1-2/h8-10H,5-7H2,1-4H3;1-2H3. The fraction of sp³-hybridized carbons (Fsp3) is 1.00. The van der Waals surface area contributed by atoms with Crippen LogP contribution in [0.15, 0.2) is 0 Å². The highest BCUT2D eigenvalue weighted by molar-refractivity contribution is 4.84. The van der Waals surface area contributed by atoms with Crippen LogP contribution in [0.5, 0.6) is 0 Å². The minimum absolute atomic E-state index is 0.670. The second-order valence-corrected chi connectivity index (χ2v) is 3.95. The molecule has 14 heavy (non-hydrogen) atoms. The summed E-state index contributed by atoms with van der Waals surface area (Å²) in [6.07, 6.45) is 0. The molecule has 0 spiro atoms. The van der Waals surface area contributed by atoms with Crippen LogP contribution in [-0.4, -0.2) is 62.7 Å². The van der Waals surface area contributed by atoms with E-state index in [1.54, 1.807) is 0 Å². The van der Waals surface area contributed by atoms with E-state index in [9.17, 15) is 0 Å². The van der Waals surface area contributed by atoms with E-state index in [2.05, 4.69) is 36.1 Å². The molecule has 0 saturated carbocycles. The highest BCUT2D eigenvalue weighted by Crippen LogP contribution is 2.10.